The summed E-state index contributed by atoms with van der Waals surface area (Å²) in [5.41, 5.74) is 3.68. The van der Waals surface area contributed by atoms with E-state index < -0.39 is 27.1 Å². The minimum atomic E-state index is -0.804. The lowest BCUT2D eigenvalue weighted by atomic mass is 10.0. The standard InChI is InChI=1S/C20H14N4O5/c25-20(17-10-18(23(26)27)12-19(11-17)24(28)29)22-21-13-14-6-8-16(9-7-14)15-4-2-1-3-5-15/h1-13H,(H,22,25). The van der Waals surface area contributed by atoms with E-state index in [1.54, 1.807) is 0 Å². The van der Waals surface area contributed by atoms with Gasteiger partial charge in [0.1, 0.15) is 0 Å². The van der Waals surface area contributed by atoms with Crippen LogP contribution in [0.1, 0.15) is 15.9 Å². The average molecular weight is 390 g/mol. The molecule has 0 aliphatic rings. The van der Waals surface area contributed by atoms with Crippen LogP contribution in [0, 0.1) is 20.2 Å². The second-order valence-electron chi connectivity index (χ2n) is 5.94. The van der Waals surface area contributed by atoms with Crippen molar-refractivity contribution in [3.05, 3.63) is 104 Å². The SMILES string of the molecule is O=C(NN=Cc1ccc(-c2ccccc2)cc1)c1cc([N+](=O)[O-])cc([N+](=O)[O-])c1. The van der Waals surface area contributed by atoms with Crippen LogP contribution in [0.5, 0.6) is 0 Å². The fourth-order valence-corrected chi connectivity index (χ4v) is 2.56. The zero-order valence-electron chi connectivity index (χ0n) is 14.9. The Hall–Kier alpha value is -4.40. The van der Waals surface area contributed by atoms with Crippen molar-refractivity contribution in [1.82, 2.24) is 5.43 Å². The number of rotatable bonds is 6. The van der Waals surface area contributed by atoms with Crippen molar-refractivity contribution in [3.63, 3.8) is 0 Å². The summed E-state index contributed by atoms with van der Waals surface area (Å²) in [6, 6.07) is 19.9. The highest BCUT2D eigenvalue weighted by Crippen LogP contribution is 2.22. The maximum Gasteiger partial charge on any atom is 0.277 e. The van der Waals surface area contributed by atoms with Crippen molar-refractivity contribution >= 4 is 23.5 Å². The molecule has 0 radical (unpaired) electrons. The molecule has 0 bridgehead atoms. The number of non-ortho nitro benzene ring substituents is 2. The number of nitro benzene ring substituents is 2. The predicted octanol–water partition coefficient (Wildman–Crippen LogP) is 3.93. The molecule has 3 aromatic rings. The monoisotopic (exact) mass is 390 g/mol. The highest BCUT2D eigenvalue weighted by atomic mass is 16.6. The fourth-order valence-electron chi connectivity index (χ4n) is 2.56. The van der Waals surface area contributed by atoms with Crippen LogP contribution >= 0.6 is 0 Å². The van der Waals surface area contributed by atoms with E-state index in [1.807, 2.05) is 54.6 Å². The Balaban J connectivity index is 1.71. The molecule has 3 aromatic carbocycles. The van der Waals surface area contributed by atoms with Gasteiger partial charge in [0.25, 0.3) is 17.3 Å². The second-order valence-corrected chi connectivity index (χ2v) is 5.94. The van der Waals surface area contributed by atoms with Gasteiger partial charge < -0.3 is 0 Å². The number of hydrogen-bond donors (Lipinski definition) is 1. The first kappa shape index (κ1) is 19.4. The van der Waals surface area contributed by atoms with Crippen LogP contribution < -0.4 is 5.43 Å². The Labute approximate surface area is 164 Å². The minimum absolute atomic E-state index is 0.234. The molecule has 0 aliphatic heterocycles. The molecule has 3 rings (SSSR count). The molecule has 144 valence electrons. The number of hydrogen-bond acceptors (Lipinski definition) is 6. The average Bonchev–Trinajstić information content (AvgIpc) is 2.74. The van der Waals surface area contributed by atoms with Crippen molar-refractivity contribution in [2.75, 3.05) is 0 Å². The number of carbonyl (C=O) groups excluding carboxylic acids is 1. The molecule has 0 saturated carbocycles. The number of nitrogens with zero attached hydrogens (tertiary/aromatic N) is 3. The quantitative estimate of drug-likeness (QED) is 0.387. The summed E-state index contributed by atoms with van der Waals surface area (Å²) in [5, 5.41) is 25.6. The van der Waals surface area contributed by atoms with E-state index >= 15 is 0 Å². The Morgan fingerprint density at radius 2 is 1.38 bits per heavy atom. The summed E-state index contributed by atoms with van der Waals surface area (Å²) in [7, 11) is 0. The number of nitrogens with one attached hydrogen (secondary N) is 1. The van der Waals surface area contributed by atoms with Crippen LogP contribution in [-0.4, -0.2) is 22.0 Å². The van der Waals surface area contributed by atoms with Crippen LogP contribution in [0.3, 0.4) is 0 Å². The van der Waals surface area contributed by atoms with Crippen LogP contribution in [0.4, 0.5) is 11.4 Å². The molecule has 0 spiro atoms. The summed E-state index contributed by atoms with van der Waals surface area (Å²) < 4.78 is 0. The molecule has 0 saturated heterocycles. The van der Waals surface area contributed by atoms with Crippen LogP contribution in [-0.2, 0) is 0 Å². The molecular formula is C20H14N4O5. The molecule has 0 atom stereocenters. The summed E-state index contributed by atoms with van der Waals surface area (Å²) in [6.07, 6.45) is 1.40. The number of benzene rings is 3. The van der Waals surface area contributed by atoms with Crippen LogP contribution in [0.15, 0.2) is 77.9 Å². The lowest BCUT2D eigenvalue weighted by molar-refractivity contribution is -0.394. The smallest absolute Gasteiger partial charge is 0.267 e. The van der Waals surface area contributed by atoms with E-state index in [9.17, 15) is 25.0 Å². The predicted molar refractivity (Wildman–Crippen MR) is 107 cm³/mol. The first-order valence-corrected chi connectivity index (χ1v) is 8.37. The van der Waals surface area contributed by atoms with Gasteiger partial charge in [0.15, 0.2) is 0 Å². The molecule has 0 unspecified atom stereocenters. The first-order chi connectivity index (χ1) is 13.9. The van der Waals surface area contributed by atoms with Crippen molar-refractivity contribution in [2.45, 2.75) is 0 Å². The maximum atomic E-state index is 12.2. The molecule has 0 aromatic heterocycles. The van der Waals surface area contributed by atoms with Crippen molar-refractivity contribution in [3.8, 4) is 11.1 Å². The summed E-state index contributed by atoms with van der Waals surface area (Å²) in [5.74, 6) is -0.797. The summed E-state index contributed by atoms with van der Waals surface area (Å²) in [4.78, 5) is 32.3. The van der Waals surface area contributed by atoms with E-state index in [-0.39, 0.29) is 5.56 Å². The van der Waals surface area contributed by atoms with Crippen LogP contribution in [0.2, 0.25) is 0 Å². The Morgan fingerprint density at radius 3 is 1.93 bits per heavy atom. The van der Waals surface area contributed by atoms with Gasteiger partial charge >= 0.3 is 0 Å². The van der Waals surface area contributed by atoms with E-state index in [1.165, 1.54) is 6.21 Å². The third kappa shape index (κ3) is 4.86. The van der Waals surface area contributed by atoms with E-state index in [0.29, 0.717) is 0 Å². The molecule has 1 N–H and O–H groups in total. The molecule has 0 heterocycles. The second kappa shape index (κ2) is 8.53. The van der Waals surface area contributed by atoms with Crippen molar-refractivity contribution in [1.29, 1.82) is 0 Å². The Kier molecular flexibility index (Phi) is 5.69. The molecule has 9 nitrogen and oxygen atoms in total. The third-order valence-electron chi connectivity index (χ3n) is 3.98. The minimum Gasteiger partial charge on any atom is -0.267 e. The number of nitro groups is 2. The van der Waals surface area contributed by atoms with Gasteiger partial charge in [-0.2, -0.15) is 5.10 Å². The van der Waals surface area contributed by atoms with Gasteiger partial charge in [-0.25, -0.2) is 5.43 Å². The van der Waals surface area contributed by atoms with Gasteiger partial charge in [0.05, 0.1) is 27.7 Å². The molecular weight excluding hydrogens is 376 g/mol. The maximum absolute atomic E-state index is 12.2. The van der Waals surface area contributed by atoms with Gasteiger partial charge in [-0.15, -0.1) is 0 Å². The first-order valence-electron chi connectivity index (χ1n) is 8.37. The summed E-state index contributed by atoms with van der Waals surface area (Å²) >= 11 is 0. The highest BCUT2D eigenvalue weighted by molar-refractivity contribution is 5.96. The summed E-state index contributed by atoms with van der Waals surface area (Å²) in [6.45, 7) is 0. The normalized spacial score (nSPS) is 10.6. The third-order valence-corrected chi connectivity index (χ3v) is 3.98. The Morgan fingerprint density at radius 1 is 0.828 bits per heavy atom. The van der Waals surface area contributed by atoms with Gasteiger partial charge in [0, 0.05) is 12.1 Å². The zero-order chi connectivity index (χ0) is 20.8. The number of hydrazone groups is 1. The van der Waals surface area contributed by atoms with Gasteiger partial charge in [0.2, 0.25) is 0 Å². The van der Waals surface area contributed by atoms with Crippen LogP contribution in [0.25, 0.3) is 11.1 Å². The zero-order valence-corrected chi connectivity index (χ0v) is 14.9. The lowest BCUT2D eigenvalue weighted by Gasteiger charge is -2.02. The molecule has 9 heteroatoms. The topological polar surface area (TPSA) is 128 Å². The van der Waals surface area contributed by atoms with Gasteiger partial charge in [-0.1, -0.05) is 54.6 Å². The van der Waals surface area contributed by atoms with E-state index in [0.717, 1.165) is 34.9 Å². The van der Waals surface area contributed by atoms with Gasteiger partial charge in [-0.05, 0) is 16.7 Å². The number of carbonyl (C=O) groups is 1. The largest absolute Gasteiger partial charge is 0.277 e. The van der Waals surface area contributed by atoms with E-state index in [4.69, 9.17) is 0 Å². The van der Waals surface area contributed by atoms with E-state index in [2.05, 4.69) is 10.5 Å². The van der Waals surface area contributed by atoms with Crippen molar-refractivity contribution in [2.24, 2.45) is 5.10 Å². The molecule has 29 heavy (non-hydrogen) atoms. The van der Waals surface area contributed by atoms with Crippen molar-refractivity contribution < 1.29 is 14.6 Å². The highest BCUT2D eigenvalue weighted by Gasteiger charge is 2.19. The number of amides is 1. The Bertz CT molecular complexity index is 1060. The molecule has 0 aliphatic carbocycles. The lowest BCUT2D eigenvalue weighted by Crippen LogP contribution is -2.18. The molecule has 1 amide bonds. The fraction of sp³-hybridized carbons (Fsp3) is 0. The molecule has 0 fully saturated rings. The van der Waals surface area contributed by atoms with Gasteiger partial charge in [-0.3, -0.25) is 25.0 Å².